The number of nitrogens with zero attached hydrogens (tertiary/aromatic N) is 3. The third-order valence-corrected chi connectivity index (χ3v) is 2.44. The second-order valence-corrected chi connectivity index (χ2v) is 3.37. The molecule has 0 bridgehead atoms. The summed E-state index contributed by atoms with van der Waals surface area (Å²) in [5, 5.41) is 3.08. The van der Waals surface area contributed by atoms with E-state index in [0.717, 1.165) is 29.2 Å². The van der Waals surface area contributed by atoms with Crippen LogP contribution in [0.3, 0.4) is 0 Å². The zero-order valence-corrected chi connectivity index (χ0v) is 9.44. The Hall–Kier alpha value is -1.97. The minimum Gasteiger partial charge on any atom is -0.373 e. The van der Waals surface area contributed by atoms with Gasteiger partial charge in [0.05, 0.1) is 11.4 Å². The number of anilines is 1. The first-order valence-electron chi connectivity index (χ1n) is 5.29. The molecule has 0 saturated heterocycles. The number of hydrogen-bond donors (Lipinski definition) is 1. The molecule has 2 aromatic rings. The molecule has 0 radical (unpaired) electrons. The maximum absolute atomic E-state index is 4.31. The molecule has 0 aliphatic rings. The van der Waals surface area contributed by atoms with E-state index < -0.39 is 0 Å². The lowest BCUT2D eigenvalue weighted by molar-refractivity contribution is 1.04. The Kier molecular flexibility index (Phi) is 3.10. The molecular weight excluding hydrogens is 200 g/mol. The number of rotatable bonds is 3. The SMILES string of the molecule is CCc1c(NC)ncnc1-c1ccccn1. The molecule has 0 atom stereocenters. The summed E-state index contributed by atoms with van der Waals surface area (Å²) in [6.07, 6.45) is 4.22. The second-order valence-electron chi connectivity index (χ2n) is 3.37. The fourth-order valence-electron chi connectivity index (χ4n) is 1.69. The lowest BCUT2D eigenvalue weighted by Gasteiger charge is -2.10. The van der Waals surface area contributed by atoms with E-state index in [4.69, 9.17) is 0 Å². The summed E-state index contributed by atoms with van der Waals surface area (Å²) in [5.41, 5.74) is 2.89. The van der Waals surface area contributed by atoms with E-state index in [2.05, 4.69) is 27.2 Å². The van der Waals surface area contributed by atoms with E-state index in [0.29, 0.717) is 0 Å². The summed E-state index contributed by atoms with van der Waals surface area (Å²) in [5.74, 6) is 0.873. The minimum atomic E-state index is 0.873. The summed E-state index contributed by atoms with van der Waals surface area (Å²) in [6, 6.07) is 5.82. The predicted octanol–water partition coefficient (Wildman–Crippen LogP) is 2.14. The van der Waals surface area contributed by atoms with Crippen molar-refractivity contribution in [2.24, 2.45) is 0 Å². The van der Waals surface area contributed by atoms with Crippen LogP contribution < -0.4 is 5.32 Å². The van der Waals surface area contributed by atoms with Crippen molar-refractivity contribution in [3.05, 3.63) is 36.3 Å². The summed E-state index contributed by atoms with van der Waals surface area (Å²) in [6.45, 7) is 2.09. The van der Waals surface area contributed by atoms with Gasteiger partial charge in [0.15, 0.2) is 0 Å². The standard InChI is InChI=1S/C12H14N4/c1-3-9-11(10-6-4-5-7-14-10)15-8-16-12(9)13-2/h4-8H,3H2,1-2H3,(H,13,15,16). The van der Waals surface area contributed by atoms with Crippen LogP contribution in [0.2, 0.25) is 0 Å². The molecule has 1 N–H and O–H groups in total. The number of nitrogens with one attached hydrogen (secondary N) is 1. The minimum absolute atomic E-state index is 0.873. The van der Waals surface area contributed by atoms with E-state index in [1.54, 1.807) is 12.5 Å². The molecule has 0 saturated carbocycles. The predicted molar refractivity (Wildman–Crippen MR) is 64.2 cm³/mol. The number of hydrogen-bond acceptors (Lipinski definition) is 4. The first-order chi connectivity index (χ1) is 7.86. The van der Waals surface area contributed by atoms with Crippen LogP contribution in [0.15, 0.2) is 30.7 Å². The highest BCUT2D eigenvalue weighted by Gasteiger charge is 2.10. The Balaban J connectivity index is 2.57. The van der Waals surface area contributed by atoms with Crippen molar-refractivity contribution >= 4 is 5.82 Å². The maximum atomic E-state index is 4.31. The zero-order valence-electron chi connectivity index (χ0n) is 9.44. The van der Waals surface area contributed by atoms with Crippen molar-refractivity contribution in [3.8, 4) is 11.4 Å². The van der Waals surface area contributed by atoms with Gasteiger partial charge < -0.3 is 5.32 Å². The van der Waals surface area contributed by atoms with Gasteiger partial charge in [0.1, 0.15) is 12.1 Å². The van der Waals surface area contributed by atoms with Crippen LogP contribution in [0.4, 0.5) is 5.82 Å². The van der Waals surface area contributed by atoms with Gasteiger partial charge in [-0.3, -0.25) is 4.98 Å². The van der Waals surface area contributed by atoms with Gasteiger partial charge in [0.2, 0.25) is 0 Å². The smallest absolute Gasteiger partial charge is 0.132 e. The highest BCUT2D eigenvalue weighted by molar-refractivity contribution is 5.64. The van der Waals surface area contributed by atoms with Gasteiger partial charge in [-0.05, 0) is 18.6 Å². The first-order valence-corrected chi connectivity index (χ1v) is 5.29. The lowest BCUT2D eigenvalue weighted by Crippen LogP contribution is -2.02. The number of aromatic nitrogens is 3. The Morgan fingerprint density at radius 1 is 1.19 bits per heavy atom. The van der Waals surface area contributed by atoms with E-state index >= 15 is 0 Å². The fraction of sp³-hybridized carbons (Fsp3) is 0.250. The lowest BCUT2D eigenvalue weighted by atomic mass is 10.1. The molecule has 0 fully saturated rings. The molecule has 2 aromatic heterocycles. The molecule has 16 heavy (non-hydrogen) atoms. The average Bonchev–Trinajstić information content (AvgIpc) is 2.38. The van der Waals surface area contributed by atoms with Gasteiger partial charge in [-0.1, -0.05) is 13.0 Å². The fourth-order valence-corrected chi connectivity index (χ4v) is 1.69. The third kappa shape index (κ3) is 1.86. The van der Waals surface area contributed by atoms with E-state index in [9.17, 15) is 0 Å². The summed E-state index contributed by atoms with van der Waals surface area (Å²) in [4.78, 5) is 12.8. The first kappa shape index (κ1) is 10.5. The average molecular weight is 214 g/mol. The van der Waals surface area contributed by atoms with E-state index in [1.807, 2.05) is 25.2 Å². The molecule has 0 unspecified atom stereocenters. The van der Waals surface area contributed by atoms with Crippen molar-refractivity contribution in [1.29, 1.82) is 0 Å². The molecule has 0 aliphatic carbocycles. The quantitative estimate of drug-likeness (QED) is 0.850. The summed E-state index contributed by atoms with van der Waals surface area (Å²) >= 11 is 0. The number of pyridine rings is 1. The van der Waals surface area contributed by atoms with Gasteiger partial charge in [0, 0.05) is 18.8 Å². The van der Waals surface area contributed by atoms with Crippen LogP contribution in [0.1, 0.15) is 12.5 Å². The van der Waals surface area contributed by atoms with Crippen LogP contribution in [-0.2, 0) is 6.42 Å². The molecule has 0 aliphatic heterocycles. The summed E-state index contributed by atoms with van der Waals surface area (Å²) < 4.78 is 0. The van der Waals surface area contributed by atoms with Gasteiger partial charge >= 0.3 is 0 Å². The molecule has 4 heteroatoms. The third-order valence-electron chi connectivity index (χ3n) is 2.44. The Morgan fingerprint density at radius 3 is 2.69 bits per heavy atom. The molecule has 0 aromatic carbocycles. The normalized spacial score (nSPS) is 10.1. The topological polar surface area (TPSA) is 50.7 Å². The largest absolute Gasteiger partial charge is 0.373 e. The van der Waals surface area contributed by atoms with Crippen LogP contribution >= 0.6 is 0 Å². The molecule has 4 nitrogen and oxygen atoms in total. The molecule has 82 valence electrons. The van der Waals surface area contributed by atoms with Gasteiger partial charge in [0.25, 0.3) is 0 Å². The highest BCUT2D eigenvalue weighted by Crippen LogP contribution is 2.23. The van der Waals surface area contributed by atoms with Crippen molar-refractivity contribution in [3.63, 3.8) is 0 Å². The Bertz CT molecular complexity index is 468. The Labute approximate surface area is 94.8 Å². The molecule has 0 amide bonds. The van der Waals surface area contributed by atoms with E-state index in [-0.39, 0.29) is 0 Å². The molecule has 2 rings (SSSR count). The Morgan fingerprint density at radius 2 is 2.06 bits per heavy atom. The van der Waals surface area contributed by atoms with Gasteiger partial charge in [-0.25, -0.2) is 9.97 Å². The van der Waals surface area contributed by atoms with Crippen molar-refractivity contribution in [2.75, 3.05) is 12.4 Å². The van der Waals surface area contributed by atoms with Gasteiger partial charge in [-0.2, -0.15) is 0 Å². The highest BCUT2D eigenvalue weighted by atomic mass is 15.0. The van der Waals surface area contributed by atoms with Crippen LogP contribution in [0.5, 0.6) is 0 Å². The van der Waals surface area contributed by atoms with Gasteiger partial charge in [-0.15, -0.1) is 0 Å². The van der Waals surface area contributed by atoms with Crippen LogP contribution in [0, 0.1) is 0 Å². The second kappa shape index (κ2) is 4.70. The van der Waals surface area contributed by atoms with Crippen LogP contribution in [-0.4, -0.2) is 22.0 Å². The maximum Gasteiger partial charge on any atom is 0.132 e. The summed E-state index contributed by atoms with van der Waals surface area (Å²) in [7, 11) is 1.86. The van der Waals surface area contributed by atoms with Crippen LogP contribution in [0.25, 0.3) is 11.4 Å². The molecular formula is C12H14N4. The monoisotopic (exact) mass is 214 g/mol. The molecule has 2 heterocycles. The van der Waals surface area contributed by atoms with Crippen molar-refractivity contribution in [1.82, 2.24) is 15.0 Å². The van der Waals surface area contributed by atoms with Crippen molar-refractivity contribution < 1.29 is 0 Å². The molecule has 0 spiro atoms. The van der Waals surface area contributed by atoms with E-state index in [1.165, 1.54) is 0 Å². The van der Waals surface area contributed by atoms with Crippen molar-refractivity contribution in [2.45, 2.75) is 13.3 Å². The zero-order chi connectivity index (χ0) is 11.4.